The molecule has 1 fully saturated rings. The van der Waals surface area contributed by atoms with E-state index in [-0.39, 0.29) is 12.6 Å². The standard InChI is InChI=1S/C12H22N2O4/c1-2-3-9-4-6-14(7-5-9)12(18)13-8-10(15)11(16)17/h9-10,15H,2-8H2,1H3,(H,13,18)(H,16,17). The maximum Gasteiger partial charge on any atom is 0.334 e. The Morgan fingerprint density at radius 1 is 1.39 bits per heavy atom. The predicted octanol–water partition coefficient (Wildman–Crippen LogP) is 0.654. The summed E-state index contributed by atoms with van der Waals surface area (Å²) in [7, 11) is 0. The van der Waals surface area contributed by atoms with E-state index in [0.29, 0.717) is 19.0 Å². The summed E-state index contributed by atoms with van der Waals surface area (Å²) >= 11 is 0. The van der Waals surface area contributed by atoms with Gasteiger partial charge in [0, 0.05) is 13.1 Å². The van der Waals surface area contributed by atoms with Crippen LogP contribution in [0.3, 0.4) is 0 Å². The summed E-state index contributed by atoms with van der Waals surface area (Å²) in [6, 6.07) is -0.287. The van der Waals surface area contributed by atoms with E-state index < -0.39 is 12.1 Å². The van der Waals surface area contributed by atoms with Crippen LogP contribution in [-0.2, 0) is 4.79 Å². The zero-order valence-corrected chi connectivity index (χ0v) is 10.8. The first kappa shape index (κ1) is 14.8. The minimum Gasteiger partial charge on any atom is -0.479 e. The second kappa shape index (κ2) is 7.20. The molecule has 1 unspecified atom stereocenters. The van der Waals surface area contributed by atoms with Crippen molar-refractivity contribution < 1.29 is 19.8 Å². The molecule has 0 aromatic heterocycles. The molecule has 0 spiro atoms. The molecule has 1 saturated heterocycles. The number of piperidine rings is 1. The Labute approximate surface area is 107 Å². The van der Waals surface area contributed by atoms with Gasteiger partial charge in [-0.05, 0) is 18.8 Å². The van der Waals surface area contributed by atoms with E-state index in [4.69, 9.17) is 10.2 Å². The van der Waals surface area contributed by atoms with Crippen molar-refractivity contribution in [3.63, 3.8) is 0 Å². The number of hydrogen-bond acceptors (Lipinski definition) is 3. The number of aliphatic hydroxyl groups is 1. The van der Waals surface area contributed by atoms with Crippen molar-refractivity contribution >= 4 is 12.0 Å². The Kier molecular flexibility index (Phi) is 5.91. The monoisotopic (exact) mass is 258 g/mol. The molecule has 0 aromatic carbocycles. The van der Waals surface area contributed by atoms with Gasteiger partial charge in [0.25, 0.3) is 0 Å². The SMILES string of the molecule is CCCC1CCN(C(=O)NCC(O)C(=O)O)CC1. The van der Waals surface area contributed by atoms with Gasteiger partial charge in [-0.15, -0.1) is 0 Å². The zero-order valence-electron chi connectivity index (χ0n) is 10.8. The van der Waals surface area contributed by atoms with Crippen LogP contribution in [0.25, 0.3) is 0 Å². The number of carboxylic acids is 1. The van der Waals surface area contributed by atoms with Crippen molar-refractivity contribution in [2.45, 2.75) is 38.7 Å². The summed E-state index contributed by atoms with van der Waals surface area (Å²) in [6.07, 6.45) is 2.84. The van der Waals surface area contributed by atoms with E-state index in [2.05, 4.69) is 12.2 Å². The Morgan fingerprint density at radius 2 is 2.00 bits per heavy atom. The van der Waals surface area contributed by atoms with Crippen LogP contribution in [0.4, 0.5) is 4.79 Å². The molecule has 18 heavy (non-hydrogen) atoms. The summed E-state index contributed by atoms with van der Waals surface area (Å²) in [5.41, 5.74) is 0. The van der Waals surface area contributed by atoms with E-state index in [1.807, 2.05) is 0 Å². The molecule has 0 bridgehead atoms. The predicted molar refractivity (Wildman–Crippen MR) is 66.2 cm³/mol. The molecule has 104 valence electrons. The molecule has 0 saturated carbocycles. The fourth-order valence-electron chi connectivity index (χ4n) is 2.22. The number of nitrogens with zero attached hydrogens (tertiary/aromatic N) is 1. The van der Waals surface area contributed by atoms with Crippen LogP contribution in [0.2, 0.25) is 0 Å². The second-order valence-electron chi connectivity index (χ2n) is 4.76. The zero-order chi connectivity index (χ0) is 13.5. The second-order valence-corrected chi connectivity index (χ2v) is 4.76. The third-order valence-corrected chi connectivity index (χ3v) is 3.33. The number of rotatable bonds is 5. The Morgan fingerprint density at radius 3 is 2.50 bits per heavy atom. The lowest BCUT2D eigenvalue weighted by Gasteiger charge is -2.32. The number of carbonyl (C=O) groups is 2. The molecule has 0 aromatic rings. The van der Waals surface area contributed by atoms with Crippen molar-refractivity contribution in [3.8, 4) is 0 Å². The Hall–Kier alpha value is -1.30. The molecule has 6 heteroatoms. The van der Waals surface area contributed by atoms with E-state index in [0.717, 1.165) is 12.8 Å². The first-order valence-corrected chi connectivity index (χ1v) is 6.48. The number of carboxylic acid groups (broad SMARTS) is 1. The summed E-state index contributed by atoms with van der Waals surface area (Å²) < 4.78 is 0. The van der Waals surface area contributed by atoms with Gasteiger partial charge in [0.2, 0.25) is 0 Å². The van der Waals surface area contributed by atoms with Crippen LogP contribution in [-0.4, -0.2) is 52.9 Å². The van der Waals surface area contributed by atoms with Gasteiger partial charge in [0.05, 0.1) is 6.54 Å². The fourth-order valence-corrected chi connectivity index (χ4v) is 2.22. The molecule has 1 rings (SSSR count). The van der Waals surface area contributed by atoms with Crippen LogP contribution in [0.1, 0.15) is 32.6 Å². The number of carbonyl (C=O) groups excluding carboxylic acids is 1. The van der Waals surface area contributed by atoms with Crippen molar-refractivity contribution in [1.82, 2.24) is 10.2 Å². The highest BCUT2D eigenvalue weighted by Crippen LogP contribution is 2.21. The largest absolute Gasteiger partial charge is 0.479 e. The van der Waals surface area contributed by atoms with Gasteiger partial charge in [-0.25, -0.2) is 9.59 Å². The highest BCUT2D eigenvalue weighted by molar-refractivity contribution is 5.76. The minimum atomic E-state index is -1.54. The topological polar surface area (TPSA) is 89.9 Å². The third kappa shape index (κ3) is 4.52. The quantitative estimate of drug-likeness (QED) is 0.675. The first-order chi connectivity index (χ1) is 8.54. The number of urea groups is 1. The van der Waals surface area contributed by atoms with E-state index in [9.17, 15) is 9.59 Å². The number of amides is 2. The Bertz CT molecular complexity index is 288. The molecule has 1 aliphatic heterocycles. The highest BCUT2D eigenvalue weighted by atomic mass is 16.4. The summed E-state index contributed by atoms with van der Waals surface area (Å²) in [5, 5.41) is 20.0. The molecule has 6 nitrogen and oxygen atoms in total. The number of aliphatic carboxylic acids is 1. The lowest BCUT2D eigenvalue weighted by atomic mass is 9.93. The molecular weight excluding hydrogens is 236 g/mol. The van der Waals surface area contributed by atoms with Crippen LogP contribution in [0.5, 0.6) is 0 Å². The van der Waals surface area contributed by atoms with E-state index >= 15 is 0 Å². The summed E-state index contributed by atoms with van der Waals surface area (Å²) in [5.74, 6) is -0.624. The first-order valence-electron chi connectivity index (χ1n) is 6.48. The normalized spacial score (nSPS) is 18.4. The molecule has 2 amide bonds. The number of aliphatic hydroxyl groups excluding tert-OH is 1. The van der Waals surface area contributed by atoms with E-state index in [1.54, 1.807) is 4.90 Å². The maximum absolute atomic E-state index is 11.7. The summed E-state index contributed by atoms with van der Waals surface area (Å²) in [4.78, 5) is 23.8. The highest BCUT2D eigenvalue weighted by Gasteiger charge is 2.23. The van der Waals surface area contributed by atoms with Gasteiger partial charge < -0.3 is 20.4 Å². The third-order valence-electron chi connectivity index (χ3n) is 3.33. The van der Waals surface area contributed by atoms with Crippen LogP contribution >= 0.6 is 0 Å². The number of nitrogens with one attached hydrogen (secondary N) is 1. The van der Waals surface area contributed by atoms with Crippen molar-refractivity contribution in [2.24, 2.45) is 5.92 Å². The smallest absolute Gasteiger partial charge is 0.334 e. The van der Waals surface area contributed by atoms with Gasteiger partial charge in [0.1, 0.15) is 0 Å². The van der Waals surface area contributed by atoms with Crippen LogP contribution < -0.4 is 5.32 Å². The maximum atomic E-state index is 11.7. The molecule has 3 N–H and O–H groups in total. The molecular formula is C12H22N2O4. The molecule has 1 heterocycles. The van der Waals surface area contributed by atoms with Crippen LogP contribution in [0, 0.1) is 5.92 Å². The number of likely N-dealkylation sites (tertiary alicyclic amines) is 1. The Balaban J connectivity index is 2.25. The molecule has 0 aliphatic carbocycles. The van der Waals surface area contributed by atoms with Gasteiger partial charge in [-0.3, -0.25) is 0 Å². The lowest BCUT2D eigenvalue weighted by molar-refractivity contribution is -0.146. The van der Waals surface area contributed by atoms with Gasteiger partial charge in [-0.1, -0.05) is 19.8 Å². The molecule has 1 atom stereocenters. The van der Waals surface area contributed by atoms with Crippen molar-refractivity contribution in [2.75, 3.05) is 19.6 Å². The summed E-state index contributed by atoms with van der Waals surface area (Å²) in [6.45, 7) is 3.33. The average molecular weight is 258 g/mol. The molecule has 0 radical (unpaired) electrons. The van der Waals surface area contributed by atoms with Crippen molar-refractivity contribution in [1.29, 1.82) is 0 Å². The lowest BCUT2D eigenvalue weighted by Crippen LogP contribution is -2.47. The minimum absolute atomic E-state index is 0.247. The van der Waals surface area contributed by atoms with Gasteiger partial charge >= 0.3 is 12.0 Å². The van der Waals surface area contributed by atoms with Gasteiger partial charge in [0.15, 0.2) is 6.10 Å². The molecule has 1 aliphatic rings. The van der Waals surface area contributed by atoms with E-state index in [1.165, 1.54) is 12.8 Å². The average Bonchev–Trinajstić information content (AvgIpc) is 2.36. The fraction of sp³-hybridized carbons (Fsp3) is 0.833. The number of hydrogen-bond donors (Lipinski definition) is 3. The van der Waals surface area contributed by atoms with Gasteiger partial charge in [-0.2, -0.15) is 0 Å². The van der Waals surface area contributed by atoms with Crippen LogP contribution in [0.15, 0.2) is 0 Å². The van der Waals surface area contributed by atoms with Crippen molar-refractivity contribution in [3.05, 3.63) is 0 Å².